The molecule has 0 saturated carbocycles. The molecule has 1 aliphatic rings. The van der Waals surface area contributed by atoms with E-state index in [-0.39, 0.29) is 5.97 Å². The van der Waals surface area contributed by atoms with Crippen LogP contribution in [0, 0.1) is 3.57 Å². The number of thiocarbonyl (C=S) groups is 1. The summed E-state index contributed by atoms with van der Waals surface area (Å²) >= 11 is 7.55. The molecule has 1 aromatic carbocycles. The van der Waals surface area contributed by atoms with E-state index in [1.165, 1.54) is 0 Å². The molecular weight excluding hydrogens is 451 g/mol. The number of rotatable bonds is 7. The maximum Gasteiger partial charge on any atom is 0.338 e. The molecule has 5 nitrogen and oxygen atoms in total. The van der Waals surface area contributed by atoms with Gasteiger partial charge < -0.3 is 20.1 Å². The summed E-state index contributed by atoms with van der Waals surface area (Å²) in [7, 11) is 0. The smallest absolute Gasteiger partial charge is 0.338 e. The van der Waals surface area contributed by atoms with Gasteiger partial charge in [-0.05, 0) is 73.3 Å². The molecule has 0 spiro atoms. The lowest BCUT2D eigenvalue weighted by molar-refractivity contribution is -0.139. The fourth-order valence-corrected chi connectivity index (χ4v) is 3.40. The lowest BCUT2D eigenvalue weighted by atomic mass is 9.95. The zero-order chi connectivity index (χ0) is 18.4. The Kier molecular flexibility index (Phi) is 7.49. The fourth-order valence-electron chi connectivity index (χ4n) is 2.61. The Balaban J connectivity index is 2.45. The van der Waals surface area contributed by atoms with Crippen LogP contribution in [0.3, 0.4) is 0 Å². The fraction of sp³-hybridized carbons (Fsp3) is 0.444. The number of unbranched alkanes of at least 4 members (excludes halogenated alkanes) is 1. The monoisotopic (exact) mass is 474 g/mol. The highest BCUT2D eigenvalue weighted by molar-refractivity contribution is 14.1. The number of benzene rings is 1. The maximum atomic E-state index is 12.5. The lowest BCUT2D eigenvalue weighted by Crippen LogP contribution is -2.45. The molecule has 1 atom stereocenters. The normalized spacial score (nSPS) is 17.0. The Labute approximate surface area is 167 Å². The Bertz CT molecular complexity index is 691. The number of halogens is 1. The molecule has 1 unspecified atom stereocenters. The highest BCUT2D eigenvalue weighted by Crippen LogP contribution is 2.34. The van der Waals surface area contributed by atoms with Crippen molar-refractivity contribution >= 4 is 45.9 Å². The van der Waals surface area contributed by atoms with Crippen LogP contribution in [-0.4, -0.2) is 24.3 Å². The van der Waals surface area contributed by atoms with Crippen LogP contribution in [0.25, 0.3) is 0 Å². The zero-order valence-electron chi connectivity index (χ0n) is 14.6. The minimum atomic E-state index is -0.404. The van der Waals surface area contributed by atoms with Gasteiger partial charge in [0.15, 0.2) is 5.11 Å². The van der Waals surface area contributed by atoms with E-state index in [1.54, 1.807) is 6.92 Å². The number of allylic oxidation sites excluding steroid dienone is 1. The van der Waals surface area contributed by atoms with E-state index in [4.69, 9.17) is 21.7 Å². The summed E-state index contributed by atoms with van der Waals surface area (Å²) in [5.74, 6) is 0.400. The van der Waals surface area contributed by atoms with Crippen molar-refractivity contribution in [1.82, 2.24) is 10.6 Å². The Hall–Kier alpha value is -1.35. The van der Waals surface area contributed by atoms with Gasteiger partial charge in [0.25, 0.3) is 0 Å². The van der Waals surface area contributed by atoms with E-state index in [9.17, 15) is 4.79 Å². The standard InChI is InChI=1S/C18H23IN2O3S/c1-4-6-9-24-14-8-7-12(19)10-13(14)16-15(17(22)23-5-2)11(3)20-18(25)21-16/h7-8,10,16H,4-6,9H2,1-3H3,(H2,20,21,25). The van der Waals surface area contributed by atoms with E-state index in [1.807, 2.05) is 25.1 Å². The van der Waals surface area contributed by atoms with Gasteiger partial charge in [-0.2, -0.15) is 0 Å². The summed E-state index contributed by atoms with van der Waals surface area (Å²) in [4.78, 5) is 12.5. The summed E-state index contributed by atoms with van der Waals surface area (Å²) in [6.07, 6.45) is 2.03. The van der Waals surface area contributed by atoms with Crippen molar-refractivity contribution in [3.8, 4) is 5.75 Å². The molecule has 7 heteroatoms. The molecule has 136 valence electrons. The SMILES string of the molecule is CCCCOc1ccc(I)cc1C1NC(=S)NC(C)=C1C(=O)OCC. The molecular formula is C18H23IN2O3S. The summed E-state index contributed by atoms with van der Waals surface area (Å²) < 4.78 is 12.3. The first-order chi connectivity index (χ1) is 12.0. The van der Waals surface area contributed by atoms with Crippen LogP contribution in [0.5, 0.6) is 5.75 Å². The number of nitrogens with one attached hydrogen (secondary N) is 2. The predicted octanol–water partition coefficient (Wildman–Crippen LogP) is 3.83. The van der Waals surface area contributed by atoms with E-state index >= 15 is 0 Å². The minimum absolute atomic E-state index is 0.318. The first-order valence-corrected chi connectivity index (χ1v) is 9.84. The Morgan fingerprint density at radius 1 is 1.36 bits per heavy atom. The van der Waals surface area contributed by atoms with Crippen molar-refractivity contribution < 1.29 is 14.3 Å². The van der Waals surface area contributed by atoms with Crippen molar-refractivity contribution in [2.75, 3.05) is 13.2 Å². The van der Waals surface area contributed by atoms with Gasteiger partial charge in [0.2, 0.25) is 0 Å². The molecule has 2 rings (SSSR count). The molecule has 0 radical (unpaired) electrons. The second-order valence-electron chi connectivity index (χ2n) is 5.67. The lowest BCUT2D eigenvalue weighted by Gasteiger charge is -2.31. The highest BCUT2D eigenvalue weighted by Gasteiger charge is 2.32. The first-order valence-electron chi connectivity index (χ1n) is 8.35. The third kappa shape index (κ3) is 5.07. The van der Waals surface area contributed by atoms with Crippen LogP contribution in [0.1, 0.15) is 45.2 Å². The molecule has 0 aliphatic carbocycles. The van der Waals surface area contributed by atoms with Crippen LogP contribution in [-0.2, 0) is 9.53 Å². The van der Waals surface area contributed by atoms with E-state index in [0.717, 1.165) is 27.7 Å². The number of hydrogen-bond donors (Lipinski definition) is 2. The van der Waals surface area contributed by atoms with Crippen molar-refractivity contribution in [1.29, 1.82) is 0 Å². The van der Waals surface area contributed by atoms with Crippen LogP contribution < -0.4 is 15.4 Å². The molecule has 0 aromatic heterocycles. The van der Waals surface area contributed by atoms with E-state index < -0.39 is 6.04 Å². The molecule has 1 heterocycles. The van der Waals surface area contributed by atoms with Gasteiger partial charge in [0.1, 0.15) is 5.75 Å². The molecule has 2 N–H and O–H groups in total. The topological polar surface area (TPSA) is 59.6 Å². The molecule has 1 aliphatic heterocycles. The van der Waals surface area contributed by atoms with Crippen molar-refractivity contribution in [2.24, 2.45) is 0 Å². The molecule has 25 heavy (non-hydrogen) atoms. The predicted molar refractivity (Wildman–Crippen MR) is 111 cm³/mol. The largest absolute Gasteiger partial charge is 0.493 e. The maximum absolute atomic E-state index is 12.5. The van der Waals surface area contributed by atoms with Gasteiger partial charge >= 0.3 is 5.97 Å². The molecule has 0 fully saturated rings. The zero-order valence-corrected chi connectivity index (χ0v) is 17.6. The molecule has 1 aromatic rings. The summed E-state index contributed by atoms with van der Waals surface area (Å²) in [6.45, 7) is 6.70. The second-order valence-corrected chi connectivity index (χ2v) is 7.33. The van der Waals surface area contributed by atoms with Gasteiger partial charge in [0, 0.05) is 14.8 Å². The summed E-state index contributed by atoms with van der Waals surface area (Å²) in [5.41, 5.74) is 2.11. The third-order valence-electron chi connectivity index (χ3n) is 3.80. The third-order valence-corrected chi connectivity index (χ3v) is 4.69. The highest BCUT2D eigenvalue weighted by atomic mass is 127. The molecule has 0 bridgehead atoms. The first kappa shape index (κ1) is 20.0. The summed E-state index contributed by atoms with van der Waals surface area (Å²) in [6, 6.07) is 5.54. The van der Waals surface area contributed by atoms with Crippen LogP contribution in [0.2, 0.25) is 0 Å². The quantitative estimate of drug-likeness (QED) is 0.271. The van der Waals surface area contributed by atoms with Gasteiger partial charge in [-0.15, -0.1) is 0 Å². The van der Waals surface area contributed by atoms with Crippen LogP contribution in [0.4, 0.5) is 0 Å². The van der Waals surface area contributed by atoms with Gasteiger partial charge in [-0.1, -0.05) is 13.3 Å². The molecule has 0 saturated heterocycles. The van der Waals surface area contributed by atoms with Crippen LogP contribution >= 0.6 is 34.8 Å². The van der Waals surface area contributed by atoms with Crippen molar-refractivity contribution in [2.45, 2.75) is 39.7 Å². The average molecular weight is 474 g/mol. The van der Waals surface area contributed by atoms with Crippen LogP contribution in [0.15, 0.2) is 29.5 Å². The molecule has 0 amide bonds. The Morgan fingerprint density at radius 2 is 2.12 bits per heavy atom. The number of hydrogen-bond acceptors (Lipinski definition) is 4. The summed E-state index contributed by atoms with van der Waals surface area (Å²) in [5, 5.41) is 6.68. The second kappa shape index (κ2) is 9.38. The van der Waals surface area contributed by atoms with E-state index in [2.05, 4.69) is 40.1 Å². The van der Waals surface area contributed by atoms with Gasteiger partial charge in [0.05, 0.1) is 24.8 Å². The minimum Gasteiger partial charge on any atom is -0.493 e. The Morgan fingerprint density at radius 3 is 2.80 bits per heavy atom. The average Bonchev–Trinajstić information content (AvgIpc) is 2.55. The van der Waals surface area contributed by atoms with Gasteiger partial charge in [-0.25, -0.2) is 4.79 Å². The van der Waals surface area contributed by atoms with Crippen molar-refractivity contribution in [3.63, 3.8) is 0 Å². The number of carbonyl (C=O) groups excluding carboxylic acids is 1. The van der Waals surface area contributed by atoms with E-state index in [0.29, 0.717) is 29.6 Å². The number of carbonyl (C=O) groups is 1. The number of esters is 1. The number of ether oxygens (including phenoxy) is 2. The van der Waals surface area contributed by atoms with Crippen molar-refractivity contribution in [3.05, 3.63) is 38.6 Å². The van der Waals surface area contributed by atoms with Gasteiger partial charge in [-0.3, -0.25) is 0 Å².